The molecule has 24 heavy (non-hydrogen) atoms. The fraction of sp³-hybridized carbons (Fsp3) is 0.0588. The molecule has 0 saturated carbocycles. The summed E-state index contributed by atoms with van der Waals surface area (Å²) in [6, 6.07) is 17.3. The number of nitriles is 1. The van der Waals surface area contributed by atoms with Crippen LogP contribution in [0.3, 0.4) is 0 Å². The van der Waals surface area contributed by atoms with E-state index in [1.165, 1.54) is 24.3 Å². The van der Waals surface area contributed by atoms with Gasteiger partial charge < -0.3 is 0 Å². The van der Waals surface area contributed by atoms with E-state index in [1.54, 1.807) is 17.1 Å². The monoisotopic (exact) mass is 338 g/mol. The lowest BCUT2D eigenvalue weighted by atomic mass is 10.2. The van der Waals surface area contributed by atoms with Crippen molar-refractivity contribution < 1.29 is 8.42 Å². The molecular weight excluding hydrogens is 324 g/mol. The summed E-state index contributed by atoms with van der Waals surface area (Å²) in [5, 5.41) is 13.0. The number of rotatable bonds is 5. The van der Waals surface area contributed by atoms with Gasteiger partial charge in [0.1, 0.15) is 0 Å². The van der Waals surface area contributed by atoms with Crippen LogP contribution in [0.15, 0.2) is 71.9 Å². The molecule has 7 heteroatoms. The molecule has 120 valence electrons. The van der Waals surface area contributed by atoms with Crippen LogP contribution < -0.4 is 4.72 Å². The zero-order valence-corrected chi connectivity index (χ0v) is 13.4. The van der Waals surface area contributed by atoms with E-state index in [2.05, 4.69) is 9.82 Å². The Morgan fingerprint density at radius 2 is 1.79 bits per heavy atom. The van der Waals surface area contributed by atoms with Gasteiger partial charge in [0.15, 0.2) is 0 Å². The van der Waals surface area contributed by atoms with Gasteiger partial charge in [-0.3, -0.25) is 0 Å². The van der Waals surface area contributed by atoms with Crippen LogP contribution in [0.2, 0.25) is 0 Å². The van der Waals surface area contributed by atoms with Gasteiger partial charge in [-0.2, -0.15) is 10.4 Å². The maximum Gasteiger partial charge on any atom is 0.240 e. The third-order valence-corrected chi connectivity index (χ3v) is 4.83. The van der Waals surface area contributed by atoms with Crippen LogP contribution in [-0.4, -0.2) is 18.2 Å². The molecule has 3 aromatic rings. The van der Waals surface area contributed by atoms with E-state index in [0.29, 0.717) is 5.56 Å². The summed E-state index contributed by atoms with van der Waals surface area (Å²) in [6.45, 7) is 0.134. The molecule has 0 aliphatic rings. The lowest BCUT2D eigenvalue weighted by molar-refractivity contribution is 0.581. The highest BCUT2D eigenvalue weighted by molar-refractivity contribution is 7.89. The smallest absolute Gasteiger partial charge is 0.240 e. The minimum absolute atomic E-state index is 0.122. The number of nitrogens with zero attached hydrogens (tertiary/aromatic N) is 3. The van der Waals surface area contributed by atoms with Crippen LogP contribution in [0.1, 0.15) is 11.1 Å². The number of aromatic nitrogens is 2. The van der Waals surface area contributed by atoms with Gasteiger partial charge >= 0.3 is 0 Å². The predicted molar refractivity (Wildman–Crippen MR) is 88.7 cm³/mol. The van der Waals surface area contributed by atoms with Crippen LogP contribution in [0.5, 0.6) is 0 Å². The summed E-state index contributed by atoms with van der Waals surface area (Å²) in [6.07, 6.45) is 3.39. The highest BCUT2D eigenvalue weighted by atomic mass is 32.2. The summed E-state index contributed by atoms with van der Waals surface area (Å²) in [4.78, 5) is 0.122. The number of nitrogens with one attached hydrogen (secondary N) is 1. The molecule has 6 nitrogen and oxygen atoms in total. The minimum atomic E-state index is -3.64. The molecule has 0 radical (unpaired) electrons. The lowest BCUT2D eigenvalue weighted by Crippen LogP contribution is -2.23. The van der Waals surface area contributed by atoms with Crippen LogP contribution in [0, 0.1) is 11.3 Å². The second-order valence-electron chi connectivity index (χ2n) is 5.09. The van der Waals surface area contributed by atoms with Crippen LogP contribution in [0.25, 0.3) is 5.69 Å². The Bertz CT molecular complexity index is 971. The molecule has 1 aromatic heterocycles. The molecule has 0 unspecified atom stereocenters. The molecule has 0 fully saturated rings. The first-order valence-electron chi connectivity index (χ1n) is 7.17. The van der Waals surface area contributed by atoms with Gasteiger partial charge in [0.2, 0.25) is 10.0 Å². The topological polar surface area (TPSA) is 87.8 Å². The van der Waals surface area contributed by atoms with E-state index in [1.807, 2.05) is 36.4 Å². The lowest BCUT2D eigenvalue weighted by Gasteiger charge is -2.05. The summed E-state index contributed by atoms with van der Waals surface area (Å²) >= 11 is 0. The first kappa shape index (κ1) is 15.9. The van der Waals surface area contributed by atoms with Crippen molar-refractivity contribution >= 4 is 10.0 Å². The fourth-order valence-electron chi connectivity index (χ4n) is 2.14. The number of sulfonamides is 1. The van der Waals surface area contributed by atoms with E-state index in [4.69, 9.17) is 5.26 Å². The Kier molecular flexibility index (Phi) is 4.42. The van der Waals surface area contributed by atoms with E-state index < -0.39 is 10.0 Å². The Hall–Kier alpha value is -2.95. The zero-order chi connectivity index (χ0) is 17.0. The predicted octanol–water partition coefficient (Wildman–Crippen LogP) is 2.22. The maximum atomic E-state index is 12.3. The van der Waals surface area contributed by atoms with Gasteiger partial charge in [-0.15, -0.1) is 0 Å². The van der Waals surface area contributed by atoms with Crippen molar-refractivity contribution in [3.05, 3.63) is 78.1 Å². The van der Waals surface area contributed by atoms with E-state index in [9.17, 15) is 8.42 Å². The zero-order valence-electron chi connectivity index (χ0n) is 12.6. The Morgan fingerprint density at radius 3 is 2.46 bits per heavy atom. The summed E-state index contributed by atoms with van der Waals surface area (Å²) in [7, 11) is -3.64. The minimum Gasteiger partial charge on any atom is -0.241 e. The summed E-state index contributed by atoms with van der Waals surface area (Å²) in [5.41, 5.74) is 2.06. The van der Waals surface area contributed by atoms with Gasteiger partial charge in [0, 0.05) is 18.3 Å². The Morgan fingerprint density at radius 1 is 1.08 bits per heavy atom. The first-order valence-corrected chi connectivity index (χ1v) is 8.65. The maximum absolute atomic E-state index is 12.3. The molecule has 0 spiro atoms. The van der Waals surface area contributed by atoms with Gasteiger partial charge in [0.25, 0.3) is 0 Å². The average molecular weight is 338 g/mol. The molecule has 0 aliphatic heterocycles. The molecular formula is C17H14N4O2S. The van der Waals surface area contributed by atoms with E-state index in [-0.39, 0.29) is 11.4 Å². The molecule has 0 amide bonds. The Balaban J connectivity index is 1.71. The van der Waals surface area contributed by atoms with Crippen LogP contribution in [0.4, 0.5) is 0 Å². The second-order valence-corrected chi connectivity index (χ2v) is 6.86. The number of benzene rings is 2. The normalized spacial score (nSPS) is 11.1. The molecule has 1 heterocycles. The van der Waals surface area contributed by atoms with Gasteiger partial charge in [0.05, 0.1) is 28.4 Å². The van der Waals surface area contributed by atoms with Crippen molar-refractivity contribution in [2.24, 2.45) is 0 Å². The molecule has 3 rings (SSSR count). The third-order valence-electron chi connectivity index (χ3n) is 3.42. The van der Waals surface area contributed by atoms with Crippen molar-refractivity contribution in [1.29, 1.82) is 5.26 Å². The van der Waals surface area contributed by atoms with E-state index >= 15 is 0 Å². The number of para-hydroxylation sites is 1. The molecule has 1 N–H and O–H groups in total. The van der Waals surface area contributed by atoms with Crippen molar-refractivity contribution in [1.82, 2.24) is 14.5 Å². The standard InChI is InChI=1S/C17H14N4O2S/c18-10-14-6-8-17(9-7-14)24(22,23)20-12-15-11-19-21(13-15)16-4-2-1-3-5-16/h1-9,11,13,20H,12H2. The molecule has 0 atom stereocenters. The fourth-order valence-corrected chi connectivity index (χ4v) is 3.16. The quantitative estimate of drug-likeness (QED) is 0.772. The van der Waals surface area contributed by atoms with E-state index in [0.717, 1.165) is 11.3 Å². The van der Waals surface area contributed by atoms with Crippen molar-refractivity contribution in [3.8, 4) is 11.8 Å². The largest absolute Gasteiger partial charge is 0.241 e. The van der Waals surface area contributed by atoms with Gasteiger partial charge in [-0.05, 0) is 36.4 Å². The molecule has 0 aliphatic carbocycles. The van der Waals surface area contributed by atoms with Crippen molar-refractivity contribution in [2.75, 3.05) is 0 Å². The number of hydrogen-bond donors (Lipinski definition) is 1. The highest BCUT2D eigenvalue weighted by Gasteiger charge is 2.14. The summed E-state index contributed by atoms with van der Waals surface area (Å²) < 4.78 is 28.7. The van der Waals surface area contributed by atoms with Crippen LogP contribution >= 0.6 is 0 Å². The molecule has 0 bridgehead atoms. The molecule has 0 saturated heterocycles. The van der Waals surface area contributed by atoms with Crippen molar-refractivity contribution in [2.45, 2.75) is 11.4 Å². The SMILES string of the molecule is N#Cc1ccc(S(=O)(=O)NCc2cnn(-c3ccccc3)c2)cc1. The average Bonchev–Trinajstić information content (AvgIpc) is 3.10. The summed E-state index contributed by atoms with van der Waals surface area (Å²) in [5.74, 6) is 0. The highest BCUT2D eigenvalue weighted by Crippen LogP contribution is 2.12. The molecule has 2 aromatic carbocycles. The second kappa shape index (κ2) is 6.66. The van der Waals surface area contributed by atoms with Crippen molar-refractivity contribution in [3.63, 3.8) is 0 Å². The third kappa shape index (κ3) is 3.51. The first-order chi connectivity index (χ1) is 11.6. The van der Waals surface area contributed by atoms with Crippen LogP contribution in [-0.2, 0) is 16.6 Å². The van der Waals surface area contributed by atoms with Gasteiger partial charge in [-0.1, -0.05) is 18.2 Å². The Labute approximate surface area is 140 Å². The number of hydrogen-bond acceptors (Lipinski definition) is 4. The van der Waals surface area contributed by atoms with Gasteiger partial charge in [-0.25, -0.2) is 17.8 Å².